The van der Waals surface area contributed by atoms with Gasteiger partial charge in [-0.3, -0.25) is 4.79 Å². The van der Waals surface area contributed by atoms with Crippen LogP contribution in [0.3, 0.4) is 0 Å². The number of rotatable bonds is 5. The lowest BCUT2D eigenvalue weighted by Crippen LogP contribution is -2.05. The van der Waals surface area contributed by atoms with E-state index in [0.29, 0.717) is 6.42 Å². The van der Waals surface area contributed by atoms with Crippen molar-refractivity contribution in [1.82, 2.24) is 0 Å². The summed E-state index contributed by atoms with van der Waals surface area (Å²) < 4.78 is 1.09. The third kappa shape index (κ3) is 2.19. The van der Waals surface area contributed by atoms with Gasteiger partial charge in [-0.05, 0) is 63.0 Å². The van der Waals surface area contributed by atoms with Crippen LogP contribution >= 0.6 is 15.9 Å². The van der Waals surface area contributed by atoms with Crippen molar-refractivity contribution >= 4 is 22.2 Å². The Morgan fingerprint density at radius 2 is 1.77 bits per heavy atom. The molecule has 0 aliphatic heterocycles. The highest BCUT2D eigenvalue weighted by Gasteiger charge is 2.27. The van der Waals surface area contributed by atoms with Crippen LogP contribution in [0.15, 0.2) is 54.0 Å². The van der Waals surface area contributed by atoms with Gasteiger partial charge in [-0.25, -0.2) is 0 Å². The quantitative estimate of drug-likeness (QED) is 0.450. The number of carbonyl (C=O) groups is 1. The van der Waals surface area contributed by atoms with Crippen molar-refractivity contribution in [2.75, 3.05) is 0 Å². The lowest BCUT2D eigenvalue weighted by atomic mass is 9.89. The van der Waals surface area contributed by atoms with Crippen LogP contribution in [0.25, 0.3) is 11.1 Å². The van der Waals surface area contributed by atoms with Crippen LogP contribution in [0.5, 0.6) is 0 Å². The van der Waals surface area contributed by atoms with E-state index in [-0.39, 0.29) is 0 Å². The minimum Gasteiger partial charge on any atom is -0.298 e. The molecule has 2 aromatic rings. The molecule has 2 aromatic carbocycles. The predicted octanol–water partition coefficient (Wildman–Crippen LogP) is 5.29. The fourth-order valence-electron chi connectivity index (χ4n) is 3.35. The van der Waals surface area contributed by atoms with E-state index in [0.717, 1.165) is 45.9 Å². The molecule has 0 amide bonds. The first-order valence-electron chi connectivity index (χ1n) is 7.34. The first kappa shape index (κ1) is 15.0. The zero-order valence-corrected chi connectivity index (χ0v) is 13.9. The molecule has 0 saturated carbocycles. The van der Waals surface area contributed by atoms with E-state index in [1.807, 2.05) is 18.2 Å². The van der Waals surface area contributed by atoms with Crippen molar-refractivity contribution in [3.8, 4) is 11.1 Å². The van der Waals surface area contributed by atoms with E-state index in [1.165, 1.54) is 16.7 Å². The lowest BCUT2D eigenvalue weighted by molar-refractivity contribution is 0.112. The van der Waals surface area contributed by atoms with Gasteiger partial charge < -0.3 is 0 Å². The molecule has 3 rings (SSSR count). The third-order valence-electron chi connectivity index (χ3n) is 4.27. The summed E-state index contributed by atoms with van der Waals surface area (Å²) in [5.74, 6) is 0. The Kier molecular flexibility index (Phi) is 4.12. The molecule has 0 bridgehead atoms. The van der Waals surface area contributed by atoms with Gasteiger partial charge in [0.05, 0.1) is 0 Å². The molecule has 1 aliphatic rings. The molecule has 110 valence electrons. The maximum Gasteiger partial charge on any atom is 0.150 e. The van der Waals surface area contributed by atoms with Crippen LogP contribution in [0.1, 0.15) is 32.6 Å². The second-order valence-electron chi connectivity index (χ2n) is 5.48. The molecule has 0 radical (unpaired) electrons. The predicted molar refractivity (Wildman–Crippen MR) is 95.6 cm³/mol. The summed E-state index contributed by atoms with van der Waals surface area (Å²) in [6.07, 6.45) is 6.99. The Hall–Kier alpha value is -1.93. The molecule has 2 heteroatoms. The van der Waals surface area contributed by atoms with Crippen LogP contribution < -0.4 is 0 Å². The Bertz CT molecular complexity index is 787. The first-order chi connectivity index (χ1) is 10.7. The molecule has 1 aliphatic carbocycles. The number of benzene rings is 2. The van der Waals surface area contributed by atoms with Gasteiger partial charge in [0.2, 0.25) is 0 Å². The minimum atomic E-state index is 0.694. The second kappa shape index (κ2) is 6.05. The smallest absolute Gasteiger partial charge is 0.150 e. The highest BCUT2D eigenvalue weighted by atomic mass is 79.9. The highest BCUT2D eigenvalue weighted by molar-refractivity contribution is 9.10. The summed E-state index contributed by atoms with van der Waals surface area (Å²) >= 11 is 3.79. The Morgan fingerprint density at radius 1 is 1.09 bits per heavy atom. The lowest BCUT2D eigenvalue weighted by Gasteiger charge is -2.18. The van der Waals surface area contributed by atoms with E-state index >= 15 is 0 Å². The van der Waals surface area contributed by atoms with Crippen LogP contribution in [0, 0.1) is 0 Å². The molecule has 1 nitrogen and oxygen atoms in total. The molecule has 0 saturated heterocycles. The molecular formula is C20H17BrO. The minimum absolute atomic E-state index is 0.694. The van der Waals surface area contributed by atoms with E-state index < -0.39 is 0 Å². The monoisotopic (exact) mass is 352 g/mol. The fourth-order valence-corrected chi connectivity index (χ4v) is 4.20. The largest absolute Gasteiger partial charge is 0.298 e. The number of hydrogen-bond donors (Lipinski definition) is 0. The van der Waals surface area contributed by atoms with Crippen molar-refractivity contribution in [2.45, 2.75) is 19.3 Å². The summed E-state index contributed by atoms with van der Waals surface area (Å²) in [5, 5.41) is 0. The van der Waals surface area contributed by atoms with Crippen LogP contribution in [-0.4, -0.2) is 6.29 Å². The van der Waals surface area contributed by atoms with Crippen LogP contribution in [0.2, 0.25) is 0 Å². The zero-order valence-electron chi connectivity index (χ0n) is 12.4. The van der Waals surface area contributed by atoms with Crippen molar-refractivity contribution in [2.24, 2.45) is 0 Å². The van der Waals surface area contributed by atoms with Gasteiger partial charge >= 0.3 is 0 Å². The number of allylic oxidation sites excluding steroid dienone is 2. The molecule has 0 atom stereocenters. The van der Waals surface area contributed by atoms with Gasteiger partial charge in [0, 0.05) is 15.6 Å². The number of hydrogen-bond acceptors (Lipinski definition) is 1. The summed E-state index contributed by atoms with van der Waals surface area (Å²) in [6, 6.07) is 8.36. The van der Waals surface area contributed by atoms with E-state index in [2.05, 4.69) is 47.3 Å². The number of fused-ring (bicyclic) bond motifs is 3. The SMILES string of the molecule is C=CCc1c(Br)c2c(c(C=O)c1CC=C)Cc1ccccc1-2. The number of carbonyl (C=O) groups excluding carboxylic acids is 1. The average molecular weight is 353 g/mol. The standard InChI is InChI=1S/C20H17BrO/c1-3-7-15-16(8-4-2)20(21)19-14-10-6-5-9-13(14)11-17(19)18(15)12-22/h3-6,9-10,12H,1-2,7-8,11H2. The van der Waals surface area contributed by atoms with E-state index in [9.17, 15) is 4.79 Å². The first-order valence-corrected chi connectivity index (χ1v) is 8.13. The highest BCUT2D eigenvalue weighted by Crippen LogP contribution is 2.46. The van der Waals surface area contributed by atoms with Gasteiger partial charge in [0.15, 0.2) is 6.29 Å². The van der Waals surface area contributed by atoms with Gasteiger partial charge in [-0.15, -0.1) is 13.2 Å². The van der Waals surface area contributed by atoms with Crippen molar-refractivity contribution < 1.29 is 4.79 Å². The maximum atomic E-state index is 11.8. The van der Waals surface area contributed by atoms with Gasteiger partial charge in [-0.1, -0.05) is 36.4 Å². The second-order valence-corrected chi connectivity index (χ2v) is 6.27. The third-order valence-corrected chi connectivity index (χ3v) is 5.14. The molecule has 0 heterocycles. The maximum absolute atomic E-state index is 11.8. The van der Waals surface area contributed by atoms with Gasteiger partial charge in [-0.2, -0.15) is 0 Å². The van der Waals surface area contributed by atoms with Crippen LogP contribution in [-0.2, 0) is 19.3 Å². The summed E-state index contributed by atoms with van der Waals surface area (Å²) in [6.45, 7) is 7.69. The Labute approximate surface area is 139 Å². The number of aldehydes is 1. The molecule has 0 fully saturated rings. The molecule has 22 heavy (non-hydrogen) atoms. The van der Waals surface area contributed by atoms with Crippen molar-refractivity contribution in [3.05, 3.63) is 81.9 Å². The van der Waals surface area contributed by atoms with Gasteiger partial charge in [0.25, 0.3) is 0 Å². The molecular weight excluding hydrogens is 336 g/mol. The van der Waals surface area contributed by atoms with E-state index in [4.69, 9.17) is 0 Å². The van der Waals surface area contributed by atoms with Crippen molar-refractivity contribution in [1.29, 1.82) is 0 Å². The van der Waals surface area contributed by atoms with Crippen molar-refractivity contribution in [3.63, 3.8) is 0 Å². The van der Waals surface area contributed by atoms with Crippen LogP contribution in [0.4, 0.5) is 0 Å². The fraction of sp³-hybridized carbons (Fsp3) is 0.150. The zero-order chi connectivity index (χ0) is 15.7. The topological polar surface area (TPSA) is 17.1 Å². The number of halogens is 1. The molecule has 0 N–H and O–H groups in total. The normalized spacial score (nSPS) is 11.7. The van der Waals surface area contributed by atoms with Gasteiger partial charge in [0.1, 0.15) is 0 Å². The Morgan fingerprint density at radius 3 is 2.45 bits per heavy atom. The summed E-state index contributed by atoms with van der Waals surface area (Å²) in [5.41, 5.74) is 7.85. The molecule has 0 aromatic heterocycles. The molecule has 0 spiro atoms. The summed E-state index contributed by atoms with van der Waals surface area (Å²) in [4.78, 5) is 11.8. The van der Waals surface area contributed by atoms with E-state index in [1.54, 1.807) is 0 Å². The summed E-state index contributed by atoms with van der Waals surface area (Å²) in [7, 11) is 0. The molecule has 0 unspecified atom stereocenters. The Balaban J connectivity index is 2.38. The average Bonchev–Trinajstić information content (AvgIpc) is 2.91.